The Kier molecular flexibility index (Phi) is 5.46. The van der Waals surface area contributed by atoms with Gasteiger partial charge >= 0.3 is 6.18 Å². The zero-order valence-corrected chi connectivity index (χ0v) is 15.1. The Bertz CT molecular complexity index is 1160. The van der Waals surface area contributed by atoms with Crippen LogP contribution in [0.2, 0.25) is 0 Å². The summed E-state index contributed by atoms with van der Waals surface area (Å²) in [6.07, 6.45) is -1.94. The molecule has 154 valence electrons. The first-order valence-electron chi connectivity index (χ1n) is 8.28. The third-order valence-electron chi connectivity index (χ3n) is 4.07. The predicted octanol–water partition coefficient (Wildman–Crippen LogP) is 3.29. The summed E-state index contributed by atoms with van der Waals surface area (Å²) >= 11 is 0. The van der Waals surface area contributed by atoms with Crippen LogP contribution < -0.4 is 10.3 Å². The maximum atomic E-state index is 13.7. The molecule has 1 aliphatic rings. The van der Waals surface area contributed by atoms with Gasteiger partial charge < -0.3 is 4.74 Å². The lowest BCUT2D eigenvalue weighted by Gasteiger charge is -2.17. The predicted molar refractivity (Wildman–Crippen MR) is 92.2 cm³/mol. The summed E-state index contributed by atoms with van der Waals surface area (Å²) in [5, 5.41) is 16.0. The van der Waals surface area contributed by atoms with E-state index in [1.54, 1.807) is 6.07 Å². The van der Waals surface area contributed by atoms with Crippen molar-refractivity contribution >= 4 is 5.91 Å². The van der Waals surface area contributed by atoms with Crippen LogP contribution in [0.5, 0.6) is 11.5 Å². The van der Waals surface area contributed by atoms with Gasteiger partial charge in [-0.15, -0.1) is 5.11 Å². The van der Waals surface area contributed by atoms with Gasteiger partial charge in [-0.2, -0.15) is 23.5 Å². The van der Waals surface area contributed by atoms with Crippen molar-refractivity contribution in [2.45, 2.75) is 25.7 Å². The minimum atomic E-state index is -5.04. The molecule has 2 aromatic rings. The Morgan fingerprint density at radius 3 is 2.63 bits per heavy atom. The van der Waals surface area contributed by atoms with E-state index in [2.05, 4.69) is 15.2 Å². The van der Waals surface area contributed by atoms with Crippen molar-refractivity contribution in [1.29, 1.82) is 5.26 Å². The zero-order valence-electron chi connectivity index (χ0n) is 15.1. The molecule has 1 amide bonds. The Morgan fingerprint density at radius 2 is 2.03 bits per heavy atom. The van der Waals surface area contributed by atoms with Crippen molar-refractivity contribution in [3.8, 4) is 17.6 Å². The fourth-order valence-electron chi connectivity index (χ4n) is 2.58. The molecule has 0 spiro atoms. The van der Waals surface area contributed by atoms with Crippen LogP contribution in [-0.4, -0.2) is 21.5 Å². The van der Waals surface area contributed by atoms with Crippen molar-refractivity contribution in [2.24, 2.45) is 10.2 Å². The summed E-state index contributed by atoms with van der Waals surface area (Å²) in [7, 11) is 0. The Hall–Kier alpha value is -3.88. The second-order valence-corrected chi connectivity index (χ2v) is 6.15. The van der Waals surface area contributed by atoms with Crippen LogP contribution in [0.3, 0.4) is 0 Å². The molecule has 0 aliphatic carbocycles. The van der Waals surface area contributed by atoms with Crippen molar-refractivity contribution in [3.63, 3.8) is 0 Å². The average Bonchev–Trinajstić information content (AvgIpc) is 2.68. The van der Waals surface area contributed by atoms with Gasteiger partial charge in [0.15, 0.2) is 5.69 Å². The highest BCUT2D eigenvalue weighted by atomic mass is 19.4. The second-order valence-electron chi connectivity index (χ2n) is 6.15. The molecule has 0 bridgehead atoms. The molecule has 0 saturated carbocycles. The third kappa shape index (κ3) is 4.24. The minimum Gasteiger partial charge on any atom is -0.449 e. The smallest absolute Gasteiger partial charge is 0.437 e. The van der Waals surface area contributed by atoms with Crippen LogP contribution in [-0.2, 0) is 17.5 Å². The number of carbonyl (C=O) groups excluding carboxylic acids is 1. The van der Waals surface area contributed by atoms with Gasteiger partial charge in [-0.3, -0.25) is 14.2 Å². The van der Waals surface area contributed by atoms with Crippen molar-refractivity contribution < 1.29 is 27.1 Å². The summed E-state index contributed by atoms with van der Waals surface area (Å²) in [5.74, 6) is -3.16. The number of rotatable bonds is 4. The molecule has 1 unspecified atom stereocenters. The van der Waals surface area contributed by atoms with Crippen LogP contribution in [0.1, 0.15) is 16.8 Å². The van der Waals surface area contributed by atoms with E-state index in [4.69, 9.17) is 10.00 Å². The summed E-state index contributed by atoms with van der Waals surface area (Å²) in [5.41, 5.74) is -2.94. The van der Waals surface area contributed by atoms with Gasteiger partial charge in [0.2, 0.25) is 5.75 Å². The quantitative estimate of drug-likeness (QED) is 0.704. The fraction of sp³-hybridized carbons (Fsp3) is 0.222. The number of azo groups is 1. The maximum Gasteiger partial charge on any atom is 0.437 e. The first kappa shape index (κ1) is 20.8. The monoisotopic (exact) mass is 421 g/mol. The molecule has 1 aliphatic heterocycles. The third-order valence-corrected chi connectivity index (χ3v) is 4.07. The molecule has 1 aromatic heterocycles. The molecular weight excluding hydrogens is 410 g/mol. The van der Waals surface area contributed by atoms with E-state index in [9.17, 15) is 27.2 Å². The summed E-state index contributed by atoms with van der Waals surface area (Å²) in [6, 6.07) is 2.55. The standard InChI is InChI=1S/C18H11F4N5O3/c1-9-10(6-23)4-11(19)5-13(9)30-15-16(18(20,21)22)24-8-27(17(15)29)7-12-2-3-14(28)26-25-12/h2-5,8,12H,7H2,1H3. The summed E-state index contributed by atoms with van der Waals surface area (Å²) < 4.78 is 59.8. The molecule has 1 atom stereocenters. The van der Waals surface area contributed by atoms with Gasteiger partial charge in [0, 0.05) is 17.7 Å². The number of carbonyl (C=O) groups is 1. The zero-order chi connectivity index (χ0) is 22.1. The molecule has 2 heterocycles. The van der Waals surface area contributed by atoms with E-state index >= 15 is 0 Å². The number of benzene rings is 1. The van der Waals surface area contributed by atoms with Gasteiger partial charge in [0.25, 0.3) is 11.5 Å². The molecule has 0 N–H and O–H groups in total. The lowest BCUT2D eigenvalue weighted by Crippen LogP contribution is -2.29. The molecule has 0 fully saturated rings. The van der Waals surface area contributed by atoms with Crippen LogP contribution in [0.4, 0.5) is 17.6 Å². The van der Waals surface area contributed by atoms with E-state index in [1.807, 2.05) is 0 Å². The molecule has 0 radical (unpaired) electrons. The van der Waals surface area contributed by atoms with Crippen LogP contribution in [0.15, 0.2) is 45.6 Å². The van der Waals surface area contributed by atoms with E-state index in [1.165, 1.54) is 13.0 Å². The topological polar surface area (TPSA) is 110 Å². The number of nitriles is 1. The summed E-state index contributed by atoms with van der Waals surface area (Å²) in [6.45, 7) is 1.07. The number of ether oxygens (including phenoxy) is 1. The first-order chi connectivity index (χ1) is 14.1. The van der Waals surface area contributed by atoms with E-state index in [0.29, 0.717) is 6.33 Å². The lowest BCUT2D eigenvalue weighted by atomic mass is 10.1. The Balaban J connectivity index is 2.08. The highest BCUT2D eigenvalue weighted by molar-refractivity contribution is 5.88. The number of hydrogen-bond donors (Lipinski definition) is 0. The van der Waals surface area contributed by atoms with Crippen molar-refractivity contribution in [2.75, 3.05) is 0 Å². The number of amides is 1. The lowest BCUT2D eigenvalue weighted by molar-refractivity contribution is -0.142. The maximum absolute atomic E-state index is 13.7. The number of aromatic nitrogens is 2. The SMILES string of the molecule is Cc1c(C#N)cc(F)cc1Oc1c(C(F)(F)F)ncn(CC2C=CC(=O)N=N2)c1=O. The Labute approximate surface area is 165 Å². The van der Waals surface area contributed by atoms with E-state index in [-0.39, 0.29) is 17.7 Å². The van der Waals surface area contributed by atoms with E-state index in [0.717, 1.165) is 22.8 Å². The normalized spacial score (nSPS) is 15.9. The number of halogens is 4. The minimum absolute atomic E-state index is 0.0457. The Morgan fingerprint density at radius 1 is 1.30 bits per heavy atom. The van der Waals surface area contributed by atoms with E-state index < -0.39 is 46.7 Å². The van der Waals surface area contributed by atoms with Crippen LogP contribution in [0, 0.1) is 24.1 Å². The van der Waals surface area contributed by atoms with Crippen molar-refractivity contribution in [3.05, 3.63) is 63.6 Å². The molecular formula is C18H11F4N5O3. The van der Waals surface area contributed by atoms with Gasteiger partial charge in [-0.05, 0) is 13.0 Å². The van der Waals surface area contributed by atoms with Crippen molar-refractivity contribution in [1.82, 2.24) is 9.55 Å². The molecule has 3 rings (SSSR count). The molecule has 1 aromatic carbocycles. The first-order valence-corrected chi connectivity index (χ1v) is 8.28. The molecule has 0 saturated heterocycles. The number of alkyl halides is 3. The highest BCUT2D eigenvalue weighted by Crippen LogP contribution is 2.36. The van der Waals surface area contributed by atoms with Crippen LogP contribution in [0.25, 0.3) is 0 Å². The molecule has 8 nitrogen and oxygen atoms in total. The average molecular weight is 421 g/mol. The molecule has 12 heteroatoms. The fourth-order valence-corrected chi connectivity index (χ4v) is 2.58. The second kappa shape index (κ2) is 7.86. The van der Waals surface area contributed by atoms with Crippen LogP contribution >= 0.6 is 0 Å². The molecule has 30 heavy (non-hydrogen) atoms. The summed E-state index contributed by atoms with van der Waals surface area (Å²) in [4.78, 5) is 27.0. The highest BCUT2D eigenvalue weighted by Gasteiger charge is 2.39. The largest absolute Gasteiger partial charge is 0.449 e. The number of nitrogens with zero attached hydrogens (tertiary/aromatic N) is 5. The van der Waals surface area contributed by atoms with Gasteiger partial charge in [-0.25, -0.2) is 9.37 Å². The van der Waals surface area contributed by atoms with Gasteiger partial charge in [0.1, 0.15) is 17.6 Å². The van der Waals surface area contributed by atoms with Gasteiger partial charge in [-0.1, -0.05) is 6.08 Å². The number of hydrogen-bond acceptors (Lipinski definition) is 6. The van der Waals surface area contributed by atoms with Gasteiger partial charge in [0.05, 0.1) is 24.5 Å².